The Morgan fingerprint density at radius 1 is 0.475 bits per heavy atom. The number of fused-ring (bicyclic) bond motifs is 10. The maximum atomic E-state index is 5.09. The Bertz CT molecular complexity index is 2280. The van der Waals surface area contributed by atoms with Crippen molar-refractivity contribution in [3.05, 3.63) is 115 Å². The molecule has 5 nitrogen and oxygen atoms in total. The molecule has 0 fully saturated rings. The average molecular weight is 516 g/mol. The van der Waals surface area contributed by atoms with Crippen molar-refractivity contribution in [1.29, 1.82) is 0 Å². The van der Waals surface area contributed by atoms with Crippen LogP contribution in [0.2, 0.25) is 0 Å². The van der Waals surface area contributed by atoms with Gasteiger partial charge in [-0.05, 0) is 76.2 Å². The summed E-state index contributed by atoms with van der Waals surface area (Å²) < 4.78 is 6.82. The van der Waals surface area contributed by atoms with E-state index in [1.807, 2.05) is 0 Å². The fourth-order valence-electron chi connectivity index (χ4n) is 6.38. The van der Waals surface area contributed by atoms with Gasteiger partial charge in [0.05, 0.1) is 33.1 Å². The summed E-state index contributed by atoms with van der Waals surface area (Å²) in [6, 6.07) is 39.1. The summed E-state index contributed by atoms with van der Waals surface area (Å²) in [6.07, 6.45) is 0. The second kappa shape index (κ2) is 7.70. The first-order valence-corrected chi connectivity index (χ1v) is 13.8. The quantitative estimate of drug-likeness (QED) is 0.236. The van der Waals surface area contributed by atoms with Crippen molar-refractivity contribution in [1.82, 2.24) is 23.2 Å². The van der Waals surface area contributed by atoms with Crippen molar-refractivity contribution in [3.63, 3.8) is 0 Å². The highest BCUT2D eigenvalue weighted by Gasteiger charge is 2.24. The molecule has 9 rings (SSSR count). The van der Waals surface area contributed by atoms with Gasteiger partial charge < -0.3 is 0 Å². The Hall–Kier alpha value is -5.16. The first-order valence-electron chi connectivity index (χ1n) is 13.8. The molecule has 0 aliphatic carbocycles. The topological polar surface area (TPSA) is 39.0 Å². The molecule has 0 saturated carbocycles. The molecule has 0 atom stereocenters. The minimum Gasteiger partial charge on any atom is -0.276 e. The molecule has 5 heteroatoms. The molecule has 4 heterocycles. The number of para-hydroxylation sites is 4. The molecule has 40 heavy (non-hydrogen) atoms. The van der Waals surface area contributed by atoms with E-state index in [0.29, 0.717) is 5.92 Å². The SMILES string of the molecule is CC(C)c1cc(-c2ccccc2)cc(-c2cc3c4c(c2)n2c5ccccc5nc2n4c2nc4ccccc4n32)c1. The van der Waals surface area contributed by atoms with Crippen LogP contribution in [-0.2, 0) is 0 Å². The second-order valence-electron chi connectivity index (χ2n) is 11.0. The van der Waals surface area contributed by atoms with Crippen LogP contribution in [0.1, 0.15) is 25.3 Å². The molecule has 0 bridgehead atoms. The zero-order valence-corrected chi connectivity index (χ0v) is 22.2. The first kappa shape index (κ1) is 21.7. The van der Waals surface area contributed by atoms with Crippen molar-refractivity contribution in [3.8, 4) is 22.3 Å². The molecule has 0 saturated heterocycles. The smallest absolute Gasteiger partial charge is 0.223 e. The molecule has 5 aromatic carbocycles. The summed E-state index contributed by atoms with van der Waals surface area (Å²) in [5.74, 6) is 2.20. The number of aromatic nitrogens is 5. The molecule has 0 amide bonds. The standard InChI is InChI=1S/C35H25N5/c1-21(2)23-16-24(22-10-4-3-5-11-22)18-25(17-23)26-19-31-33-32(20-26)39-30-15-9-7-13-28(30)37-35(39)40(33)34-36-27-12-6-8-14-29(27)38(31)34/h3-21H,1-2H3. The predicted octanol–water partition coefficient (Wildman–Crippen LogP) is 8.59. The molecular formula is C35H25N5. The molecule has 0 radical (unpaired) electrons. The Morgan fingerprint density at radius 3 is 1.55 bits per heavy atom. The van der Waals surface area contributed by atoms with Gasteiger partial charge in [-0.3, -0.25) is 8.80 Å². The third-order valence-corrected chi connectivity index (χ3v) is 8.32. The highest BCUT2D eigenvalue weighted by molar-refractivity contribution is 6.06. The van der Waals surface area contributed by atoms with E-state index in [0.717, 1.165) is 50.2 Å². The van der Waals surface area contributed by atoms with Crippen molar-refractivity contribution in [2.24, 2.45) is 0 Å². The molecular weight excluding hydrogens is 490 g/mol. The van der Waals surface area contributed by atoms with E-state index < -0.39 is 0 Å². The lowest BCUT2D eigenvalue weighted by Gasteiger charge is -2.13. The van der Waals surface area contributed by atoms with Gasteiger partial charge in [0.1, 0.15) is 5.52 Å². The summed E-state index contributed by atoms with van der Waals surface area (Å²) in [4.78, 5) is 10.2. The van der Waals surface area contributed by atoms with Crippen LogP contribution >= 0.6 is 0 Å². The van der Waals surface area contributed by atoms with Gasteiger partial charge in [0.25, 0.3) is 0 Å². The molecule has 0 spiro atoms. The Balaban J connectivity index is 1.45. The van der Waals surface area contributed by atoms with Crippen LogP contribution in [0, 0.1) is 0 Å². The summed E-state index contributed by atoms with van der Waals surface area (Å²) in [5.41, 5.74) is 13.8. The first-order chi connectivity index (χ1) is 19.7. The number of benzene rings is 5. The Kier molecular flexibility index (Phi) is 4.19. The van der Waals surface area contributed by atoms with E-state index in [2.05, 4.69) is 136 Å². The third kappa shape index (κ3) is 2.81. The highest BCUT2D eigenvalue weighted by Crippen LogP contribution is 2.39. The van der Waals surface area contributed by atoms with Crippen molar-refractivity contribution in [2.75, 3.05) is 0 Å². The van der Waals surface area contributed by atoms with Gasteiger partial charge in [0.15, 0.2) is 0 Å². The van der Waals surface area contributed by atoms with E-state index >= 15 is 0 Å². The number of imidazole rings is 4. The van der Waals surface area contributed by atoms with Gasteiger partial charge in [0.2, 0.25) is 11.6 Å². The molecule has 0 aliphatic heterocycles. The van der Waals surface area contributed by atoms with Gasteiger partial charge >= 0.3 is 0 Å². The summed E-state index contributed by atoms with van der Waals surface area (Å²) in [7, 11) is 0. The van der Waals surface area contributed by atoms with Gasteiger partial charge in [0, 0.05) is 0 Å². The van der Waals surface area contributed by atoms with Crippen molar-refractivity contribution in [2.45, 2.75) is 19.8 Å². The van der Waals surface area contributed by atoms with E-state index in [1.54, 1.807) is 0 Å². The zero-order valence-electron chi connectivity index (χ0n) is 22.2. The Morgan fingerprint density at radius 2 is 0.975 bits per heavy atom. The van der Waals surface area contributed by atoms with Crippen LogP contribution in [0.25, 0.3) is 72.4 Å². The van der Waals surface area contributed by atoms with Crippen molar-refractivity contribution < 1.29 is 0 Å². The van der Waals surface area contributed by atoms with Crippen LogP contribution < -0.4 is 0 Å². The number of hydrogen-bond donors (Lipinski definition) is 0. The van der Waals surface area contributed by atoms with Crippen LogP contribution in [0.15, 0.2) is 109 Å². The molecule has 190 valence electrons. The van der Waals surface area contributed by atoms with E-state index in [9.17, 15) is 0 Å². The van der Waals surface area contributed by atoms with Gasteiger partial charge in [-0.2, -0.15) is 0 Å². The normalized spacial score (nSPS) is 12.5. The number of nitrogens with zero attached hydrogens (tertiary/aromatic N) is 5. The van der Waals surface area contributed by atoms with Crippen LogP contribution in [-0.4, -0.2) is 23.2 Å². The van der Waals surface area contributed by atoms with Crippen LogP contribution in [0.5, 0.6) is 0 Å². The lowest BCUT2D eigenvalue weighted by atomic mass is 9.92. The lowest BCUT2D eigenvalue weighted by Crippen LogP contribution is -1.92. The van der Waals surface area contributed by atoms with E-state index in [1.165, 1.54) is 27.8 Å². The molecule has 0 N–H and O–H groups in total. The third-order valence-electron chi connectivity index (χ3n) is 8.32. The van der Waals surface area contributed by atoms with Gasteiger partial charge in [-0.1, -0.05) is 80.6 Å². The van der Waals surface area contributed by atoms with Crippen molar-refractivity contribution >= 4 is 50.2 Å². The largest absolute Gasteiger partial charge is 0.276 e. The lowest BCUT2D eigenvalue weighted by molar-refractivity contribution is 0.867. The summed E-state index contributed by atoms with van der Waals surface area (Å²) >= 11 is 0. The number of hydrogen-bond acceptors (Lipinski definition) is 2. The predicted molar refractivity (Wildman–Crippen MR) is 164 cm³/mol. The fourth-order valence-corrected chi connectivity index (χ4v) is 6.38. The van der Waals surface area contributed by atoms with Crippen LogP contribution in [0.3, 0.4) is 0 Å². The summed E-state index contributed by atoms with van der Waals surface area (Å²) in [6.45, 7) is 4.53. The minimum absolute atomic E-state index is 0.413. The maximum absolute atomic E-state index is 5.09. The Labute approximate surface area is 229 Å². The zero-order chi connectivity index (χ0) is 26.5. The van der Waals surface area contributed by atoms with E-state index in [-0.39, 0.29) is 0 Å². The minimum atomic E-state index is 0.413. The van der Waals surface area contributed by atoms with Crippen LogP contribution in [0.4, 0.5) is 0 Å². The van der Waals surface area contributed by atoms with Gasteiger partial charge in [-0.15, -0.1) is 0 Å². The van der Waals surface area contributed by atoms with Gasteiger partial charge in [-0.25, -0.2) is 14.4 Å². The summed E-state index contributed by atoms with van der Waals surface area (Å²) in [5, 5.41) is 0. The second-order valence-corrected chi connectivity index (χ2v) is 11.0. The number of rotatable bonds is 3. The molecule has 0 aliphatic rings. The molecule has 4 aromatic heterocycles. The average Bonchev–Trinajstić information content (AvgIpc) is 3.72. The molecule has 9 aromatic rings. The fraction of sp³-hybridized carbons (Fsp3) is 0.0857. The maximum Gasteiger partial charge on any atom is 0.223 e. The monoisotopic (exact) mass is 515 g/mol. The van der Waals surface area contributed by atoms with E-state index in [4.69, 9.17) is 9.97 Å². The molecule has 0 unspecified atom stereocenters. The highest BCUT2D eigenvalue weighted by atomic mass is 15.3.